The van der Waals surface area contributed by atoms with E-state index in [9.17, 15) is 4.79 Å². The van der Waals surface area contributed by atoms with Gasteiger partial charge in [0.15, 0.2) is 0 Å². The molecule has 1 aromatic carbocycles. The number of amides is 1. The highest BCUT2D eigenvalue weighted by Gasteiger charge is 2.33. The Bertz CT molecular complexity index is 741. The molecule has 0 spiro atoms. The Hall–Kier alpha value is -2.05. The fourth-order valence-electron chi connectivity index (χ4n) is 3.82. The highest BCUT2D eigenvalue weighted by molar-refractivity contribution is 5.83. The van der Waals surface area contributed by atoms with E-state index in [0.29, 0.717) is 6.04 Å². The largest absolute Gasteiger partial charge is 0.355 e. The van der Waals surface area contributed by atoms with Gasteiger partial charge in [-0.25, -0.2) is 0 Å². The van der Waals surface area contributed by atoms with Crippen LogP contribution in [0.4, 0.5) is 0 Å². The van der Waals surface area contributed by atoms with E-state index < -0.39 is 0 Å². The van der Waals surface area contributed by atoms with Gasteiger partial charge in [0.25, 0.3) is 0 Å². The molecule has 2 fully saturated rings. The van der Waals surface area contributed by atoms with Crippen LogP contribution in [-0.4, -0.2) is 64.4 Å². The van der Waals surface area contributed by atoms with Crippen LogP contribution in [0, 0.1) is 0 Å². The van der Waals surface area contributed by atoms with Gasteiger partial charge in [-0.05, 0) is 31.0 Å². The first-order chi connectivity index (χ1) is 11.7. The molecule has 2 aliphatic rings. The van der Waals surface area contributed by atoms with Crippen LogP contribution < -0.4 is 5.32 Å². The lowest BCUT2D eigenvalue weighted by atomic mass is 10.0. The number of fused-ring (bicyclic) bond motifs is 1. The molecule has 0 radical (unpaired) electrons. The number of carbonyl (C=O) groups excluding carboxylic acids is 1. The first-order valence-corrected chi connectivity index (χ1v) is 8.69. The summed E-state index contributed by atoms with van der Waals surface area (Å²) in [5, 5.41) is 2.94. The van der Waals surface area contributed by atoms with Crippen molar-refractivity contribution in [2.24, 2.45) is 0 Å². The Morgan fingerprint density at radius 1 is 1.12 bits per heavy atom. The highest BCUT2D eigenvalue weighted by Crippen LogP contribution is 2.25. The molecule has 0 aliphatic carbocycles. The van der Waals surface area contributed by atoms with E-state index in [1.54, 1.807) is 12.4 Å². The van der Waals surface area contributed by atoms with Gasteiger partial charge in [0, 0.05) is 51.2 Å². The maximum absolute atomic E-state index is 11.9. The van der Waals surface area contributed by atoms with Crippen LogP contribution in [0.2, 0.25) is 0 Å². The van der Waals surface area contributed by atoms with E-state index in [0.717, 1.165) is 50.2 Å². The fourth-order valence-corrected chi connectivity index (χ4v) is 3.82. The number of nitrogens with one attached hydrogen (secondary N) is 1. The second kappa shape index (κ2) is 6.45. The van der Waals surface area contributed by atoms with Gasteiger partial charge < -0.3 is 5.32 Å². The maximum Gasteiger partial charge on any atom is 0.237 e. The quantitative estimate of drug-likeness (QED) is 0.919. The lowest BCUT2D eigenvalue weighted by molar-refractivity contribution is -0.124. The Morgan fingerprint density at radius 2 is 1.88 bits per heavy atom. The van der Waals surface area contributed by atoms with Gasteiger partial charge in [0.05, 0.1) is 17.1 Å². The lowest BCUT2D eigenvalue weighted by Gasteiger charge is -2.40. The highest BCUT2D eigenvalue weighted by atomic mass is 16.2. The number of carbonyl (C=O) groups is 1. The molecule has 2 unspecified atom stereocenters. The Kier molecular flexibility index (Phi) is 4.16. The predicted molar refractivity (Wildman–Crippen MR) is 92.5 cm³/mol. The molecule has 126 valence electrons. The third-order valence-corrected chi connectivity index (χ3v) is 5.33. The Labute approximate surface area is 141 Å². The first kappa shape index (κ1) is 15.5. The second-order valence-corrected chi connectivity index (χ2v) is 6.65. The van der Waals surface area contributed by atoms with Crippen molar-refractivity contribution in [2.45, 2.75) is 25.4 Å². The van der Waals surface area contributed by atoms with Gasteiger partial charge in [0.1, 0.15) is 0 Å². The molecule has 3 heterocycles. The average molecular weight is 325 g/mol. The van der Waals surface area contributed by atoms with E-state index in [1.807, 2.05) is 6.07 Å². The van der Waals surface area contributed by atoms with E-state index >= 15 is 0 Å². The second-order valence-electron chi connectivity index (χ2n) is 6.65. The summed E-state index contributed by atoms with van der Waals surface area (Å²) in [5.74, 6) is 0.199. The van der Waals surface area contributed by atoms with Gasteiger partial charge in [-0.15, -0.1) is 0 Å². The molecule has 1 aromatic heterocycles. The summed E-state index contributed by atoms with van der Waals surface area (Å²) in [5.41, 5.74) is 3.16. The van der Waals surface area contributed by atoms with Crippen LogP contribution in [0.15, 0.2) is 30.6 Å². The van der Waals surface area contributed by atoms with Gasteiger partial charge in [0.2, 0.25) is 5.91 Å². The number of piperazine rings is 1. The van der Waals surface area contributed by atoms with Gasteiger partial charge in [-0.2, -0.15) is 0 Å². The minimum atomic E-state index is 0.0819. The molecule has 2 atom stereocenters. The monoisotopic (exact) mass is 325 g/mol. The summed E-state index contributed by atoms with van der Waals surface area (Å²) < 4.78 is 0. The zero-order valence-electron chi connectivity index (χ0n) is 14.0. The standard InChI is InChI=1S/C18H23N5O/c1-13(14-2-3-15-16(12-14)20-7-6-19-15)22-8-10-23(11-9-22)17-4-5-21-18(17)24/h2-3,6-7,12-13,17H,4-5,8-11H2,1H3,(H,21,24). The Morgan fingerprint density at radius 3 is 2.58 bits per heavy atom. The summed E-state index contributed by atoms with van der Waals surface area (Å²) in [4.78, 5) is 25.4. The number of nitrogens with zero attached hydrogens (tertiary/aromatic N) is 4. The topological polar surface area (TPSA) is 61.4 Å². The smallest absolute Gasteiger partial charge is 0.237 e. The SMILES string of the molecule is CC(c1ccc2nccnc2c1)N1CCN(C2CCNC2=O)CC1. The van der Waals surface area contributed by atoms with Crippen molar-refractivity contribution in [3.63, 3.8) is 0 Å². The van der Waals surface area contributed by atoms with E-state index in [2.05, 4.69) is 44.1 Å². The van der Waals surface area contributed by atoms with Crippen molar-refractivity contribution >= 4 is 16.9 Å². The van der Waals surface area contributed by atoms with Crippen LogP contribution in [0.1, 0.15) is 24.9 Å². The van der Waals surface area contributed by atoms with E-state index in [4.69, 9.17) is 0 Å². The van der Waals surface area contributed by atoms with Gasteiger partial charge >= 0.3 is 0 Å². The van der Waals surface area contributed by atoms with E-state index in [-0.39, 0.29) is 11.9 Å². The Balaban J connectivity index is 1.43. The summed E-state index contributed by atoms with van der Waals surface area (Å²) in [6.45, 7) is 6.95. The van der Waals surface area contributed by atoms with Gasteiger partial charge in [-0.3, -0.25) is 24.6 Å². The molecule has 0 saturated carbocycles. The summed E-state index contributed by atoms with van der Waals surface area (Å²) in [6.07, 6.45) is 4.41. The normalized spacial score (nSPS) is 24.2. The molecule has 2 aromatic rings. The van der Waals surface area contributed by atoms with Crippen molar-refractivity contribution in [1.82, 2.24) is 25.1 Å². The number of rotatable bonds is 3. The minimum absolute atomic E-state index is 0.0819. The zero-order chi connectivity index (χ0) is 16.5. The molecule has 0 bridgehead atoms. The first-order valence-electron chi connectivity index (χ1n) is 8.69. The van der Waals surface area contributed by atoms with Crippen molar-refractivity contribution in [3.8, 4) is 0 Å². The zero-order valence-corrected chi connectivity index (χ0v) is 14.0. The molecular formula is C18H23N5O. The van der Waals surface area contributed by atoms with Crippen molar-refractivity contribution < 1.29 is 4.79 Å². The fraction of sp³-hybridized carbons (Fsp3) is 0.500. The third kappa shape index (κ3) is 2.87. The third-order valence-electron chi connectivity index (χ3n) is 5.33. The van der Waals surface area contributed by atoms with Crippen molar-refractivity contribution in [1.29, 1.82) is 0 Å². The number of hydrogen-bond donors (Lipinski definition) is 1. The summed E-state index contributed by atoms with van der Waals surface area (Å²) in [6, 6.07) is 6.77. The molecule has 2 aliphatic heterocycles. The number of benzene rings is 1. The average Bonchev–Trinajstić information content (AvgIpc) is 3.07. The molecule has 2 saturated heterocycles. The lowest BCUT2D eigenvalue weighted by Crippen LogP contribution is -2.52. The molecule has 1 amide bonds. The number of hydrogen-bond acceptors (Lipinski definition) is 5. The number of aromatic nitrogens is 2. The van der Waals surface area contributed by atoms with Crippen LogP contribution in [0.3, 0.4) is 0 Å². The summed E-state index contributed by atoms with van der Waals surface area (Å²) >= 11 is 0. The molecule has 4 rings (SSSR count). The molecule has 24 heavy (non-hydrogen) atoms. The summed E-state index contributed by atoms with van der Waals surface area (Å²) in [7, 11) is 0. The van der Waals surface area contributed by atoms with Crippen molar-refractivity contribution in [3.05, 3.63) is 36.2 Å². The van der Waals surface area contributed by atoms with E-state index in [1.165, 1.54) is 5.56 Å². The van der Waals surface area contributed by atoms with Crippen LogP contribution in [0.25, 0.3) is 11.0 Å². The maximum atomic E-state index is 11.9. The van der Waals surface area contributed by atoms with Crippen LogP contribution >= 0.6 is 0 Å². The van der Waals surface area contributed by atoms with Crippen LogP contribution in [-0.2, 0) is 4.79 Å². The van der Waals surface area contributed by atoms with Gasteiger partial charge in [-0.1, -0.05) is 6.07 Å². The molecule has 6 nitrogen and oxygen atoms in total. The molecule has 6 heteroatoms. The minimum Gasteiger partial charge on any atom is -0.355 e. The molecule has 1 N–H and O–H groups in total. The molecular weight excluding hydrogens is 302 g/mol. The predicted octanol–water partition coefficient (Wildman–Crippen LogP) is 1.20. The van der Waals surface area contributed by atoms with Crippen molar-refractivity contribution in [2.75, 3.05) is 32.7 Å². The van der Waals surface area contributed by atoms with Crippen LogP contribution in [0.5, 0.6) is 0 Å².